The van der Waals surface area contributed by atoms with Gasteiger partial charge in [-0.2, -0.15) is 0 Å². The monoisotopic (exact) mass is 359 g/mol. The van der Waals surface area contributed by atoms with E-state index in [2.05, 4.69) is 10.6 Å². The summed E-state index contributed by atoms with van der Waals surface area (Å²) in [6.07, 6.45) is 4.84. The number of hydrogen-bond acceptors (Lipinski definition) is 2. The van der Waals surface area contributed by atoms with Gasteiger partial charge in [-0.25, -0.2) is 0 Å². The zero-order valence-corrected chi connectivity index (χ0v) is 15.1. The predicted octanol–water partition coefficient (Wildman–Crippen LogP) is 3.53. The number of carbonyl (C=O) groups is 1. The molecule has 2 aromatic rings. The topological polar surface area (TPSA) is 54.9 Å². The van der Waals surface area contributed by atoms with E-state index in [1.54, 1.807) is 25.3 Å². The van der Waals surface area contributed by atoms with Crippen LogP contribution in [0.5, 0.6) is 5.75 Å². The first kappa shape index (κ1) is 17.8. The molecular weight excluding hydrogens is 336 g/mol. The van der Waals surface area contributed by atoms with Crippen molar-refractivity contribution in [3.8, 4) is 5.75 Å². The summed E-state index contributed by atoms with van der Waals surface area (Å²) in [5.41, 5.74) is 1.70. The molecule has 1 amide bonds. The highest BCUT2D eigenvalue weighted by Gasteiger charge is 2.29. The minimum atomic E-state index is -0.259. The summed E-state index contributed by atoms with van der Waals surface area (Å²) < 4.78 is 5.16. The number of nitrogens with one attached hydrogen (secondary N) is 1. The van der Waals surface area contributed by atoms with Crippen LogP contribution >= 0.6 is 11.6 Å². The fourth-order valence-corrected chi connectivity index (χ4v) is 3.65. The number of anilines is 1. The maximum Gasteiger partial charge on any atom is 0.287 e. The number of nitrogens with two attached hydrogens (primary N) is 1. The summed E-state index contributed by atoms with van der Waals surface area (Å²) in [6, 6.07) is 15.5. The number of hydrogen-bond donors (Lipinski definition) is 2. The molecule has 3 rings (SSSR count). The van der Waals surface area contributed by atoms with Crippen LogP contribution in [0, 0.1) is 0 Å². The van der Waals surface area contributed by atoms with Gasteiger partial charge in [0.25, 0.3) is 5.91 Å². The highest BCUT2D eigenvalue weighted by atomic mass is 35.5. The second-order valence-corrected chi connectivity index (χ2v) is 6.87. The molecule has 0 aliphatic heterocycles. The lowest BCUT2D eigenvalue weighted by molar-refractivity contribution is -0.714. The van der Waals surface area contributed by atoms with Crippen molar-refractivity contribution in [3.05, 3.63) is 59.1 Å². The van der Waals surface area contributed by atoms with Gasteiger partial charge < -0.3 is 15.4 Å². The molecule has 2 aromatic carbocycles. The molecule has 0 spiro atoms. The molecule has 1 aliphatic carbocycles. The van der Waals surface area contributed by atoms with Crippen molar-refractivity contribution in [3.63, 3.8) is 0 Å². The molecule has 0 bridgehead atoms. The van der Waals surface area contributed by atoms with Crippen molar-refractivity contribution in [1.82, 2.24) is 0 Å². The van der Waals surface area contributed by atoms with Gasteiger partial charge in [0, 0.05) is 11.3 Å². The average molecular weight is 360 g/mol. The van der Waals surface area contributed by atoms with Crippen molar-refractivity contribution < 1.29 is 14.8 Å². The molecular formula is C20H24ClN2O2+. The molecule has 1 aliphatic rings. The Bertz CT molecular complexity index is 715. The fourth-order valence-electron chi connectivity index (χ4n) is 3.40. The number of ether oxygens (including phenoxy) is 1. The first-order valence-corrected chi connectivity index (χ1v) is 9.09. The third-order valence-electron chi connectivity index (χ3n) is 4.72. The van der Waals surface area contributed by atoms with Gasteiger partial charge in [0.1, 0.15) is 5.75 Å². The summed E-state index contributed by atoms with van der Waals surface area (Å²) in [5, 5.41) is 5.69. The third kappa shape index (κ3) is 4.53. The number of carbonyl (C=O) groups excluding carboxylic acids is 1. The van der Waals surface area contributed by atoms with Crippen LogP contribution in [0.2, 0.25) is 5.02 Å². The van der Waals surface area contributed by atoms with E-state index in [4.69, 9.17) is 16.3 Å². The Balaban J connectivity index is 1.77. The largest absolute Gasteiger partial charge is 0.495 e. The molecule has 5 heteroatoms. The second-order valence-electron chi connectivity index (χ2n) is 6.46. The maximum atomic E-state index is 12.9. The number of benzene rings is 2. The van der Waals surface area contributed by atoms with Crippen LogP contribution in [-0.2, 0) is 4.79 Å². The van der Waals surface area contributed by atoms with Crippen LogP contribution in [-0.4, -0.2) is 19.1 Å². The molecule has 0 heterocycles. The highest BCUT2D eigenvalue weighted by molar-refractivity contribution is 6.32. The molecule has 25 heavy (non-hydrogen) atoms. The van der Waals surface area contributed by atoms with Crippen molar-refractivity contribution in [2.45, 2.75) is 37.8 Å². The van der Waals surface area contributed by atoms with Crippen molar-refractivity contribution in [1.29, 1.82) is 0 Å². The fraction of sp³-hybridized carbons (Fsp3) is 0.350. The first-order valence-electron chi connectivity index (χ1n) is 8.71. The van der Waals surface area contributed by atoms with E-state index in [0.717, 1.165) is 5.56 Å². The molecule has 132 valence electrons. The van der Waals surface area contributed by atoms with Crippen molar-refractivity contribution in [2.75, 3.05) is 12.4 Å². The summed E-state index contributed by atoms with van der Waals surface area (Å²) in [7, 11) is 1.57. The zero-order chi connectivity index (χ0) is 17.6. The van der Waals surface area contributed by atoms with Crippen LogP contribution in [0.1, 0.15) is 37.3 Å². The van der Waals surface area contributed by atoms with E-state index in [-0.39, 0.29) is 11.9 Å². The van der Waals surface area contributed by atoms with Crippen LogP contribution in [0.3, 0.4) is 0 Å². The molecule has 1 fully saturated rings. The zero-order valence-electron chi connectivity index (χ0n) is 14.4. The first-order chi connectivity index (χ1) is 12.2. The van der Waals surface area contributed by atoms with Gasteiger partial charge in [0.05, 0.1) is 18.2 Å². The van der Waals surface area contributed by atoms with Gasteiger partial charge in [0.15, 0.2) is 6.04 Å². The molecule has 3 N–H and O–H groups in total. The lowest BCUT2D eigenvalue weighted by atomic mass is 10.0. The average Bonchev–Trinajstić information content (AvgIpc) is 3.14. The second kappa shape index (κ2) is 8.37. The van der Waals surface area contributed by atoms with Crippen LogP contribution in [0.4, 0.5) is 5.69 Å². The maximum absolute atomic E-state index is 12.9. The molecule has 0 saturated heterocycles. The lowest BCUT2D eigenvalue weighted by Gasteiger charge is -2.20. The van der Waals surface area contributed by atoms with E-state index >= 15 is 0 Å². The number of amides is 1. The van der Waals surface area contributed by atoms with E-state index in [9.17, 15) is 4.79 Å². The van der Waals surface area contributed by atoms with Gasteiger partial charge in [-0.05, 0) is 43.9 Å². The Morgan fingerprint density at radius 2 is 1.92 bits per heavy atom. The molecule has 1 saturated carbocycles. The Morgan fingerprint density at radius 1 is 1.20 bits per heavy atom. The van der Waals surface area contributed by atoms with E-state index in [0.29, 0.717) is 22.5 Å². The molecule has 4 nitrogen and oxygen atoms in total. The van der Waals surface area contributed by atoms with Crippen LogP contribution in [0.25, 0.3) is 0 Å². The number of halogens is 1. The minimum absolute atomic E-state index is 0.0284. The smallest absolute Gasteiger partial charge is 0.287 e. The van der Waals surface area contributed by atoms with Gasteiger partial charge in [-0.15, -0.1) is 0 Å². The van der Waals surface area contributed by atoms with Gasteiger partial charge >= 0.3 is 0 Å². The van der Waals surface area contributed by atoms with E-state index in [1.807, 2.05) is 30.3 Å². The highest BCUT2D eigenvalue weighted by Crippen LogP contribution is 2.27. The lowest BCUT2D eigenvalue weighted by Crippen LogP contribution is -2.92. The summed E-state index contributed by atoms with van der Waals surface area (Å²) in [5.74, 6) is 0.566. The van der Waals surface area contributed by atoms with Crippen LogP contribution in [0.15, 0.2) is 48.5 Å². The Morgan fingerprint density at radius 3 is 2.56 bits per heavy atom. The van der Waals surface area contributed by atoms with E-state index in [1.165, 1.54) is 25.7 Å². The number of quaternary nitrogens is 1. The predicted molar refractivity (Wildman–Crippen MR) is 100.0 cm³/mol. The Kier molecular flexibility index (Phi) is 5.95. The molecule has 0 unspecified atom stereocenters. The molecule has 0 radical (unpaired) electrons. The summed E-state index contributed by atoms with van der Waals surface area (Å²) >= 11 is 6.16. The summed E-state index contributed by atoms with van der Waals surface area (Å²) in [6.45, 7) is 0. The third-order valence-corrected chi connectivity index (χ3v) is 5.02. The normalized spacial score (nSPS) is 15.8. The summed E-state index contributed by atoms with van der Waals surface area (Å²) in [4.78, 5) is 12.9. The molecule has 1 atom stereocenters. The number of methoxy groups -OCH3 is 1. The Labute approximate surface area is 153 Å². The van der Waals surface area contributed by atoms with Gasteiger partial charge in [-0.3, -0.25) is 4.79 Å². The van der Waals surface area contributed by atoms with Crippen molar-refractivity contribution >= 4 is 23.2 Å². The van der Waals surface area contributed by atoms with Gasteiger partial charge in [-0.1, -0.05) is 41.9 Å². The Hall–Kier alpha value is -2.04. The number of rotatable bonds is 6. The van der Waals surface area contributed by atoms with Crippen molar-refractivity contribution in [2.24, 2.45) is 0 Å². The SMILES string of the molecule is COc1ccc(NC(=O)[C@@H]([NH2+]C2CCCC2)c2ccccc2)cc1Cl. The van der Waals surface area contributed by atoms with Crippen LogP contribution < -0.4 is 15.4 Å². The van der Waals surface area contributed by atoms with E-state index < -0.39 is 0 Å². The molecule has 0 aromatic heterocycles. The minimum Gasteiger partial charge on any atom is -0.495 e. The van der Waals surface area contributed by atoms with Gasteiger partial charge in [0.2, 0.25) is 0 Å². The standard InChI is InChI=1S/C20H23ClN2O2/c1-25-18-12-11-16(13-17(18)21)23-20(24)19(14-7-3-2-4-8-14)22-15-9-5-6-10-15/h2-4,7-8,11-13,15,19,22H,5-6,9-10H2,1H3,(H,23,24)/p+1/t19-/m0/s1. The quantitative estimate of drug-likeness (QED) is 0.828.